The normalized spacial score (nSPS) is 3.33. The van der Waals surface area contributed by atoms with Crippen molar-refractivity contribution in [2.45, 2.75) is 0 Å². The number of rotatable bonds is 0. The Labute approximate surface area is 69.1 Å². The first kappa shape index (κ1) is 11.2. The van der Waals surface area contributed by atoms with Crippen molar-refractivity contribution in [2.24, 2.45) is 0 Å². The Morgan fingerprint density at radius 1 is 1.17 bits per heavy atom. The molecule has 0 aromatic rings. The topological polar surface area (TPSA) is 0 Å². The van der Waals surface area contributed by atoms with Gasteiger partial charge in [-0.2, -0.15) is 0 Å². The van der Waals surface area contributed by atoms with Crippen LogP contribution < -0.4 is 0 Å². The minimum absolute atomic E-state index is 0.363. The molecule has 6 heavy (non-hydrogen) atoms. The molecule has 0 bridgehead atoms. The van der Waals surface area contributed by atoms with Crippen molar-refractivity contribution < 1.29 is 14.9 Å². The molecule has 0 aromatic carbocycles. The van der Waals surface area contributed by atoms with Crippen LogP contribution in [0.4, 0.5) is 0 Å². The van der Waals surface area contributed by atoms with Gasteiger partial charge in [0.1, 0.15) is 0 Å². The van der Waals surface area contributed by atoms with Crippen LogP contribution in [0.3, 0.4) is 0 Å². The Balaban J connectivity index is 0. The van der Waals surface area contributed by atoms with Crippen molar-refractivity contribution in [3.8, 4) is 0 Å². The van der Waals surface area contributed by atoms with E-state index in [0.29, 0.717) is 0 Å². The van der Waals surface area contributed by atoms with Gasteiger partial charge in [-0.05, 0) is 0 Å². The summed E-state index contributed by atoms with van der Waals surface area (Å²) in [7, 11) is 17.4. The van der Waals surface area contributed by atoms with Crippen molar-refractivity contribution in [1.29, 1.82) is 0 Å². The maximum atomic E-state index is 4.38. The van der Waals surface area contributed by atoms with Crippen LogP contribution in [0.15, 0.2) is 0 Å². The van der Waals surface area contributed by atoms with E-state index >= 15 is 0 Å². The molecule has 0 saturated carbocycles. The molecular weight excluding hydrogens is 343 g/mol. The first-order chi connectivity index (χ1) is 2.83. The summed E-state index contributed by atoms with van der Waals surface area (Å²) in [4.78, 5) is 0. The third-order valence-corrected chi connectivity index (χ3v) is 0. The molecule has 0 spiro atoms. The van der Waals surface area contributed by atoms with Crippen LogP contribution in [0.25, 0.3) is 0 Å². The van der Waals surface area contributed by atoms with Gasteiger partial charge in [0.15, 0.2) is 0 Å². The fraction of sp³-hybridized carbons (Fsp3) is 0. The fourth-order valence-electron chi connectivity index (χ4n) is 0. The Kier molecular flexibility index (Phi) is 29.2. The fourth-order valence-corrected chi connectivity index (χ4v) is 0. The molecule has 0 aliphatic heterocycles. The van der Waals surface area contributed by atoms with Crippen LogP contribution in [0, 0.1) is 0 Å². The van der Waals surface area contributed by atoms with E-state index in [1.165, 1.54) is 0 Å². The van der Waals surface area contributed by atoms with E-state index in [9.17, 15) is 0 Å². The zero-order valence-electron chi connectivity index (χ0n) is 2.54. The van der Waals surface area contributed by atoms with Gasteiger partial charge in [0, 0.05) is 0 Å². The van der Waals surface area contributed by atoms with Crippen LogP contribution in [0.2, 0.25) is 0 Å². The van der Waals surface area contributed by atoms with Crippen LogP contribution in [0.5, 0.6) is 0 Å². The van der Waals surface area contributed by atoms with E-state index in [2.05, 4.69) is 38.2 Å². The molecule has 34 valence electrons. The summed E-state index contributed by atoms with van der Waals surface area (Å²) < 4.78 is 0. The second kappa shape index (κ2) is 15.7. The van der Waals surface area contributed by atoms with Crippen LogP contribution in [0.1, 0.15) is 0 Å². The molecule has 0 nitrogen and oxygen atoms in total. The van der Waals surface area contributed by atoms with Crippen LogP contribution in [-0.2, 0) is 14.9 Å². The second-order valence-corrected chi connectivity index (χ2v) is 8.65. The van der Waals surface area contributed by atoms with Crippen molar-refractivity contribution >= 4 is 55.5 Å². The molecule has 0 radical (unpaired) electrons. The summed E-state index contributed by atoms with van der Waals surface area (Å²) in [5, 5.41) is 0. The molecule has 0 N–H and O–H groups in total. The molecule has 0 rings (SSSR count). The van der Waals surface area contributed by atoms with E-state index < -0.39 is 17.3 Å². The van der Waals surface area contributed by atoms with Gasteiger partial charge < -0.3 is 0 Å². The van der Waals surface area contributed by atoms with Crippen LogP contribution in [-0.4, -0.2) is 17.3 Å². The van der Waals surface area contributed by atoms with Gasteiger partial charge in [-0.1, -0.05) is 0 Å². The van der Waals surface area contributed by atoms with Gasteiger partial charge in [-0.15, -0.1) is 0 Å². The molecule has 0 amide bonds. The zero-order chi connectivity index (χ0) is 5.41. The predicted molar refractivity (Wildman–Crippen MR) is 36.1 cm³/mol. The Morgan fingerprint density at radius 2 is 1.17 bits per heavy atom. The van der Waals surface area contributed by atoms with Gasteiger partial charge in [-0.25, -0.2) is 0 Å². The predicted octanol–water partition coefficient (Wildman–Crippen LogP) is 2.21. The van der Waals surface area contributed by atoms with E-state index in [4.69, 9.17) is 0 Å². The van der Waals surface area contributed by atoms with Crippen LogP contribution >= 0.6 is 38.2 Å². The van der Waals surface area contributed by atoms with Crippen molar-refractivity contribution in [2.75, 3.05) is 0 Å². The average Bonchev–Trinajstić information content (AvgIpc) is 1.39. The summed E-state index contributed by atoms with van der Waals surface area (Å²) in [6, 6.07) is 0. The van der Waals surface area contributed by atoms with Crippen molar-refractivity contribution in [1.82, 2.24) is 0 Å². The van der Waals surface area contributed by atoms with Gasteiger partial charge in [-0.3, -0.25) is 0 Å². The first-order valence-electron chi connectivity index (χ1n) is 0.742. The molecule has 0 aromatic heterocycles. The third kappa shape index (κ3) is 32.7. The molecule has 0 unspecified atom stereocenters. The van der Waals surface area contributed by atoms with Crippen molar-refractivity contribution in [3.63, 3.8) is 0 Å². The second-order valence-electron chi connectivity index (χ2n) is 0.151. The first-order valence-corrected chi connectivity index (χ1v) is 14.1. The van der Waals surface area contributed by atoms with E-state index in [0.717, 1.165) is 0 Å². The molecule has 0 heterocycles. The van der Waals surface area contributed by atoms with Crippen molar-refractivity contribution in [3.05, 3.63) is 0 Å². The monoisotopic (exact) mass is 346 g/mol. The molecule has 0 fully saturated rings. The Hall–Kier alpha value is 2.37. The van der Waals surface area contributed by atoms with Gasteiger partial charge in [0.2, 0.25) is 0 Å². The van der Waals surface area contributed by atoms with Gasteiger partial charge in [0.05, 0.1) is 0 Å². The molecular formula is MoS4Sn. The maximum absolute atomic E-state index is 4.38. The molecule has 0 aliphatic rings. The minimum atomic E-state index is -0.603. The summed E-state index contributed by atoms with van der Waals surface area (Å²) in [5.41, 5.74) is 0. The summed E-state index contributed by atoms with van der Waals surface area (Å²) >= 11 is -0.967. The quantitative estimate of drug-likeness (QED) is 0.619. The Bertz CT molecular complexity index is 61.5. The average molecular weight is 343 g/mol. The van der Waals surface area contributed by atoms with E-state index in [1.54, 1.807) is 0 Å². The number of hydrogen-bond acceptors (Lipinski definition) is 4. The standard InChI is InChI=1S/Mo.4S.Sn. The zero-order valence-corrected chi connectivity index (χ0v) is 10.7. The van der Waals surface area contributed by atoms with E-state index in [1.807, 2.05) is 0 Å². The number of hydrogen-bond donors (Lipinski definition) is 0. The summed E-state index contributed by atoms with van der Waals surface area (Å²) in [6.07, 6.45) is 0. The van der Waals surface area contributed by atoms with E-state index in [-0.39, 0.29) is 14.9 Å². The SMILES string of the molecule is [S]=[Mo]=[S].[S]=[Sn]=[S]. The molecule has 0 saturated heterocycles. The molecule has 6 heteroatoms. The molecule has 0 atom stereocenters. The third-order valence-electron chi connectivity index (χ3n) is 0. The van der Waals surface area contributed by atoms with Gasteiger partial charge in [0.25, 0.3) is 0 Å². The summed E-state index contributed by atoms with van der Waals surface area (Å²) in [6.45, 7) is 0. The summed E-state index contributed by atoms with van der Waals surface area (Å²) in [5.74, 6) is 0. The molecule has 0 aliphatic carbocycles. The Morgan fingerprint density at radius 3 is 1.17 bits per heavy atom. The van der Waals surface area contributed by atoms with Gasteiger partial charge >= 0.3 is 70.4 Å².